The zero-order valence-electron chi connectivity index (χ0n) is 5.50. The molecule has 0 atom stereocenters. The molecule has 1 rings (SSSR count). The van der Waals surface area contributed by atoms with Crippen molar-refractivity contribution in [3.63, 3.8) is 0 Å². The van der Waals surface area contributed by atoms with Crippen molar-refractivity contribution in [3.8, 4) is 0 Å². The molecular weight excluding hydrogens is 196 g/mol. The van der Waals surface area contributed by atoms with E-state index in [0.717, 1.165) is 0 Å². The number of hydrogen-bond donors (Lipinski definition) is 0. The number of carboxylic acid groups (broad SMARTS) is 1. The molecule has 0 saturated carbocycles. The Labute approximate surface area is 74.8 Å². The summed E-state index contributed by atoms with van der Waals surface area (Å²) in [6.45, 7) is 0. The molecule has 1 aromatic rings. The first kappa shape index (κ1) is 12.8. The number of benzene rings is 1. The summed E-state index contributed by atoms with van der Waals surface area (Å²) in [5.74, 6) is -1.13. The van der Waals surface area contributed by atoms with E-state index in [1.807, 2.05) is 0 Å². The molecule has 0 spiro atoms. The molecule has 0 radical (unpaired) electrons. The van der Waals surface area contributed by atoms with Gasteiger partial charge in [-0.1, -0.05) is 30.3 Å². The first-order valence-electron chi connectivity index (χ1n) is 2.57. The Bertz CT molecular complexity index is 210. The van der Waals surface area contributed by atoms with Gasteiger partial charge in [-0.2, -0.15) is 0 Å². The number of aromatic carboxylic acids is 1. The summed E-state index contributed by atoms with van der Waals surface area (Å²) in [6.07, 6.45) is 0. The largest absolute Gasteiger partial charge is 1.00 e. The smallest absolute Gasteiger partial charge is 0.545 e. The molecule has 0 unspecified atom stereocenters. The Kier molecular flexibility index (Phi) is 6.89. The van der Waals surface area contributed by atoms with Crippen LogP contribution in [-0.2, 0) is 17.1 Å². The molecule has 0 fully saturated rings. The maximum atomic E-state index is 10.1. The molecule has 4 heteroatoms. The molecule has 0 aromatic heterocycles. The van der Waals surface area contributed by atoms with Crippen molar-refractivity contribution in [1.29, 1.82) is 0 Å². The Morgan fingerprint density at radius 2 is 1.64 bits per heavy atom. The molecule has 0 amide bonds. The fourth-order valence-corrected chi connectivity index (χ4v) is 0.574. The van der Waals surface area contributed by atoms with E-state index in [-0.39, 0.29) is 28.1 Å². The number of carbonyl (C=O) groups excluding carboxylic acids is 1. The summed E-state index contributed by atoms with van der Waals surface area (Å²) in [5.41, 5.74) is 0.220. The Hall–Kier alpha value is -0.831. The zero-order chi connectivity index (χ0) is 6.69. The topological polar surface area (TPSA) is 71.6 Å². The summed E-state index contributed by atoms with van der Waals surface area (Å²) < 4.78 is 0. The van der Waals surface area contributed by atoms with Gasteiger partial charge in [0.05, 0.1) is 5.97 Å². The second kappa shape index (κ2) is 5.92. The third-order valence-corrected chi connectivity index (χ3v) is 1.01. The van der Waals surface area contributed by atoms with Gasteiger partial charge in [0, 0.05) is 0 Å². The SMILES string of the molecule is O.O=C([O-])c1ccccc1.[Cu+]. The van der Waals surface area contributed by atoms with E-state index in [1.54, 1.807) is 18.2 Å². The van der Waals surface area contributed by atoms with Crippen LogP contribution in [0.3, 0.4) is 0 Å². The normalized spacial score (nSPS) is 7.27. The maximum absolute atomic E-state index is 10.1. The van der Waals surface area contributed by atoms with Crippen LogP contribution in [0.15, 0.2) is 30.3 Å². The van der Waals surface area contributed by atoms with Gasteiger partial charge in [0.15, 0.2) is 0 Å². The Morgan fingerprint density at radius 3 is 1.91 bits per heavy atom. The molecule has 0 bridgehead atoms. The summed E-state index contributed by atoms with van der Waals surface area (Å²) in [4.78, 5) is 10.1. The van der Waals surface area contributed by atoms with E-state index in [1.165, 1.54) is 12.1 Å². The van der Waals surface area contributed by atoms with Crippen LogP contribution in [0.4, 0.5) is 0 Å². The number of rotatable bonds is 1. The molecular formula is C7H7CuO3. The van der Waals surface area contributed by atoms with Crippen molar-refractivity contribution < 1.29 is 32.4 Å². The van der Waals surface area contributed by atoms with E-state index < -0.39 is 5.97 Å². The van der Waals surface area contributed by atoms with Crippen LogP contribution >= 0.6 is 0 Å². The third-order valence-electron chi connectivity index (χ3n) is 1.01. The van der Waals surface area contributed by atoms with Crippen molar-refractivity contribution in [2.45, 2.75) is 0 Å². The van der Waals surface area contributed by atoms with E-state index in [2.05, 4.69) is 0 Å². The maximum Gasteiger partial charge on any atom is 1.00 e. The standard InChI is InChI=1S/C7H6O2.Cu.H2O/c8-7(9)6-4-2-1-3-5-6;;/h1-5H,(H,8,9);;1H2/q;+1;/p-1. The first-order chi connectivity index (χ1) is 4.30. The van der Waals surface area contributed by atoms with Gasteiger partial charge in [0.25, 0.3) is 0 Å². The average molecular weight is 203 g/mol. The van der Waals surface area contributed by atoms with E-state index in [4.69, 9.17) is 0 Å². The van der Waals surface area contributed by atoms with Gasteiger partial charge in [-0.25, -0.2) is 0 Å². The van der Waals surface area contributed by atoms with Gasteiger partial charge in [-0.05, 0) is 5.56 Å². The Morgan fingerprint density at radius 1 is 1.18 bits per heavy atom. The van der Waals surface area contributed by atoms with Crippen molar-refractivity contribution in [2.24, 2.45) is 0 Å². The van der Waals surface area contributed by atoms with Gasteiger partial charge in [-0.3, -0.25) is 0 Å². The minimum absolute atomic E-state index is 0. The molecule has 64 valence electrons. The third kappa shape index (κ3) is 3.78. The average Bonchev–Trinajstić information content (AvgIpc) is 1.90. The molecule has 1 aromatic carbocycles. The van der Waals surface area contributed by atoms with Gasteiger partial charge in [0.2, 0.25) is 0 Å². The molecule has 0 heterocycles. The fourth-order valence-electron chi connectivity index (χ4n) is 0.574. The molecule has 0 aliphatic rings. The van der Waals surface area contributed by atoms with Crippen LogP contribution in [-0.4, -0.2) is 11.4 Å². The van der Waals surface area contributed by atoms with Gasteiger partial charge < -0.3 is 15.4 Å². The first-order valence-corrected chi connectivity index (χ1v) is 2.57. The van der Waals surface area contributed by atoms with Crippen LogP contribution in [0.5, 0.6) is 0 Å². The number of carboxylic acids is 1. The molecule has 11 heavy (non-hydrogen) atoms. The van der Waals surface area contributed by atoms with Crippen molar-refractivity contribution in [2.75, 3.05) is 0 Å². The minimum atomic E-state index is -1.13. The molecule has 0 saturated heterocycles. The van der Waals surface area contributed by atoms with Crippen molar-refractivity contribution in [3.05, 3.63) is 35.9 Å². The van der Waals surface area contributed by atoms with Crippen LogP contribution in [0, 0.1) is 0 Å². The van der Waals surface area contributed by atoms with Crippen LogP contribution in [0.2, 0.25) is 0 Å². The van der Waals surface area contributed by atoms with Crippen LogP contribution in [0.25, 0.3) is 0 Å². The van der Waals surface area contributed by atoms with E-state index in [0.29, 0.717) is 0 Å². The molecule has 0 aliphatic carbocycles. The van der Waals surface area contributed by atoms with Crippen molar-refractivity contribution >= 4 is 5.97 Å². The second-order valence-corrected chi connectivity index (χ2v) is 1.65. The summed E-state index contributed by atoms with van der Waals surface area (Å²) in [6, 6.07) is 8.06. The van der Waals surface area contributed by atoms with E-state index >= 15 is 0 Å². The number of carbonyl (C=O) groups is 1. The molecule has 2 N–H and O–H groups in total. The second-order valence-electron chi connectivity index (χ2n) is 1.65. The number of hydrogen-bond acceptors (Lipinski definition) is 2. The summed E-state index contributed by atoms with van der Waals surface area (Å²) in [5, 5.41) is 10.1. The minimum Gasteiger partial charge on any atom is -0.545 e. The quantitative estimate of drug-likeness (QED) is 0.561. The summed E-state index contributed by atoms with van der Waals surface area (Å²) in [7, 11) is 0. The fraction of sp³-hybridized carbons (Fsp3) is 0. The Balaban J connectivity index is 0. The van der Waals surface area contributed by atoms with Gasteiger partial charge in [-0.15, -0.1) is 0 Å². The van der Waals surface area contributed by atoms with Gasteiger partial charge >= 0.3 is 17.1 Å². The van der Waals surface area contributed by atoms with Crippen LogP contribution < -0.4 is 5.11 Å². The zero-order valence-corrected chi connectivity index (χ0v) is 6.45. The molecule has 3 nitrogen and oxygen atoms in total. The van der Waals surface area contributed by atoms with Crippen molar-refractivity contribution in [1.82, 2.24) is 0 Å². The van der Waals surface area contributed by atoms with E-state index in [9.17, 15) is 9.90 Å². The predicted molar refractivity (Wildman–Crippen MR) is 34.4 cm³/mol. The monoisotopic (exact) mass is 202 g/mol. The van der Waals surface area contributed by atoms with Gasteiger partial charge in [0.1, 0.15) is 0 Å². The predicted octanol–water partition coefficient (Wildman–Crippen LogP) is -0.777. The molecule has 0 aliphatic heterocycles. The van der Waals surface area contributed by atoms with Crippen LogP contribution in [0.1, 0.15) is 10.4 Å². The summed E-state index contributed by atoms with van der Waals surface area (Å²) >= 11 is 0.